The Balaban J connectivity index is 1.84. The molecule has 0 aromatic carbocycles. The third kappa shape index (κ3) is 4.08. The van der Waals surface area contributed by atoms with Gasteiger partial charge < -0.3 is 5.32 Å². The number of thiophene rings is 1. The van der Waals surface area contributed by atoms with Crippen molar-refractivity contribution in [3.63, 3.8) is 0 Å². The lowest BCUT2D eigenvalue weighted by molar-refractivity contribution is 0.184. The number of nitrogens with zero attached hydrogens (tertiary/aromatic N) is 1. The van der Waals surface area contributed by atoms with E-state index in [1.165, 1.54) is 24.1 Å². The van der Waals surface area contributed by atoms with Crippen LogP contribution in [0.25, 0.3) is 0 Å². The van der Waals surface area contributed by atoms with Gasteiger partial charge in [-0.3, -0.25) is 4.90 Å². The summed E-state index contributed by atoms with van der Waals surface area (Å²) < 4.78 is 0. The smallest absolute Gasteiger partial charge is 0.0334 e. The zero-order valence-electron chi connectivity index (χ0n) is 11.9. The van der Waals surface area contributed by atoms with E-state index >= 15 is 0 Å². The van der Waals surface area contributed by atoms with Crippen molar-refractivity contribution in [2.75, 3.05) is 6.54 Å². The molecule has 0 bridgehead atoms. The van der Waals surface area contributed by atoms with E-state index in [9.17, 15) is 0 Å². The average Bonchev–Trinajstić information content (AvgIpc) is 3.09. The Morgan fingerprint density at radius 1 is 1.44 bits per heavy atom. The quantitative estimate of drug-likeness (QED) is 0.775. The molecule has 1 aliphatic carbocycles. The van der Waals surface area contributed by atoms with Crippen molar-refractivity contribution < 1.29 is 0 Å². The first-order valence-electron chi connectivity index (χ1n) is 7.22. The fourth-order valence-corrected chi connectivity index (χ4v) is 2.98. The second kappa shape index (κ2) is 6.69. The van der Waals surface area contributed by atoms with Crippen LogP contribution in [0.3, 0.4) is 0 Å². The van der Waals surface area contributed by atoms with E-state index in [0.717, 1.165) is 19.1 Å². The van der Waals surface area contributed by atoms with Crippen LogP contribution in [0.15, 0.2) is 17.5 Å². The second-order valence-electron chi connectivity index (χ2n) is 5.55. The zero-order chi connectivity index (χ0) is 13.0. The van der Waals surface area contributed by atoms with Gasteiger partial charge in [0.05, 0.1) is 0 Å². The van der Waals surface area contributed by atoms with Gasteiger partial charge in [0.25, 0.3) is 0 Å². The lowest BCUT2D eigenvalue weighted by atomic mass is 10.2. The van der Waals surface area contributed by atoms with Crippen molar-refractivity contribution in [3.8, 4) is 0 Å². The van der Waals surface area contributed by atoms with Gasteiger partial charge in [-0.2, -0.15) is 0 Å². The molecule has 1 heterocycles. The molecule has 1 aliphatic rings. The van der Waals surface area contributed by atoms with Gasteiger partial charge in [-0.25, -0.2) is 0 Å². The standard InChI is InChI=1S/C15H26N2S/c1-4-12(2)16-10-13(3)17(14-7-8-14)11-15-6-5-9-18-15/h5-6,9,12-14,16H,4,7-8,10-11H2,1-3H3. The topological polar surface area (TPSA) is 15.3 Å². The Bertz CT molecular complexity index is 332. The number of nitrogens with one attached hydrogen (secondary N) is 1. The molecule has 1 fully saturated rings. The van der Waals surface area contributed by atoms with Gasteiger partial charge in [-0.05, 0) is 44.6 Å². The van der Waals surface area contributed by atoms with Crippen LogP contribution in [0, 0.1) is 0 Å². The first-order chi connectivity index (χ1) is 8.70. The summed E-state index contributed by atoms with van der Waals surface area (Å²) in [6, 6.07) is 6.52. The highest BCUT2D eigenvalue weighted by atomic mass is 32.1. The molecule has 0 spiro atoms. The van der Waals surface area contributed by atoms with E-state index in [1.54, 1.807) is 0 Å². The van der Waals surface area contributed by atoms with E-state index in [1.807, 2.05) is 11.3 Å². The molecule has 2 unspecified atom stereocenters. The van der Waals surface area contributed by atoms with Gasteiger partial charge in [-0.1, -0.05) is 13.0 Å². The molecule has 18 heavy (non-hydrogen) atoms. The second-order valence-corrected chi connectivity index (χ2v) is 6.58. The molecular weight excluding hydrogens is 240 g/mol. The summed E-state index contributed by atoms with van der Waals surface area (Å²) in [6.45, 7) is 9.12. The molecule has 0 saturated heterocycles. The summed E-state index contributed by atoms with van der Waals surface area (Å²) in [7, 11) is 0. The third-order valence-corrected chi connectivity index (χ3v) is 4.74. The molecule has 2 nitrogen and oxygen atoms in total. The van der Waals surface area contributed by atoms with E-state index in [4.69, 9.17) is 0 Å². The Morgan fingerprint density at radius 3 is 2.78 bits per heavy atom. The maximum Gasteiger partial charge on any atom is 0.0334 e. The lowest BCUT2D eigenvalue weighted by Crippen LogP contribution is -2.43. The van der Waals surface area contributed by atoms with Gasteiger partial charge >= 0.3 is 0 Å². The minimum Gasteiger partial charge on any atom is -0.313 e. The molecule has 2 atom stereocenters. The summed E-state index contributed by atoms with van der Waals surface area (Å²) >= 11 is 1.88. The summed E-state index contributed by atoms with van der Waals surface area (Å²) in [4.78, 5) is 4.18. The highest BCUT2D eigenvalue weighted by Crippen LogP contribution is 2.30. The molecule has 1 saturated carbocycles. The van der Waals surface area contributed by atoms with Crippen molar-refractivity contribution in [2.24, 2.45) is 0 Å². The molecule has 1 aromatic heterocycles. The van der Waals surface area contributed by atoms with Crippen LogP contribution in [0.2, 0.25) is 0 Å². The van der Waals surface area contributed by atoms with Gasteiger partial charge in [0.2, 0.25) is 0 Å². The van der Waals surface area contributed by atoms with Gasteiger partial charge in [-0.15, -0.1) is 11.3 Å². The molecule has 102 valence electrons. The fraction of sp³-hybridized carbons (Fsp3) is 0.733. The molecule has 2 rings (SSSR count). The molecule has 3 heteroatoms. The highest BCUT2D eigenvalue weighted by molar-refractivity contribution is 7.09. The van der Waals surface area contributed by atoms with Crippen LogP contribution in [-0.4, -0.2) is 29.6 Å². The van der Waals surface area contributed by atoms with Crippen LogP contribution < -0.4 is 5.32 Å². The molecule has 0 aliphatic heterocycles. The van der Waals surface area contributed by atoms with Crippen molar-refractivity contribution in [3.05, 3.63) is 22.4 Å². The Morgan fingerprint density at radius 2 is 2.22 bits per heavy atom. The van der Waals surface area contributed by atoms with Crippen molar-refractivity contribution in [1.29, 1.82) is 0 Å². The highest BCUT2D eigenvalue weighted by Gasteiger charge is 2.32. The van der Waals surface area contributed by atoms with Crippen LogP contribution in [-0.2, 0) is 6.54 Å². The van der Waals surface area contributed by atoms with Crippen LogP contribution >= 0.6 is 11.3 Å². The summed E-state index contributed by atoms with van der Waals surface area (Å²) in [5.74, 6) is 0. The van der Waals surface area contributed by atoms with Crippen LogP contribution in [0.4, 0.5) is 0 Å². The Hall–Kier alpha value is -0.380. The minimum atomic E-state index is 0.633. The largest absolute Gasteiger partial charge is 0.313 e. The van der Waals surface area contributed by atoms with Crippen molar-refractivity contribution in [2.45, 2.75) is 64.7 Å². The number of rotatable bonds is 8. The lowest BCUT2D eigenvalue weighted by Gasteiger charge is -2.30. The predicted octanol–water partition coefficient (Wildman–Crippen LogP) is 3.49. The predicted molar refractivity (Wildman–Crippen MR) is 80.1 cm³/mol. The molecular formula is C15H26N2S. The number of hydrogen-bond acceptors (Lipinski definition) is 3. The van der Waals surface area contributed by atoms with Gasteiger partial charge in [0, 0.05) is 36.1 Å². The molecule has 1 N–H and O–H groups in total. The maximum absolute atomic E-state index is 3.64. The summed E-state index contributed by atoms with van der Waals surface area (Å²) in [6.07, 6.45) is 3.99. The van der Waals surface area contributed by atoms with E-state index in [2.05, 4.69) is 48.5 Å². The normalized spacial score (nSPS) is 19.1. The van der Waals surface area contributed by atoms with E-state index in [0.29, 0.717) is 12.1 Å². The van der Waals surface area contributed by atoms with Crippen molar-refractivity contribution in [1.82, 2.24) is 10.2 Å². The average molecular weight is 266 g/mol. The van der Waals surface area contributed by atoms with Crippen LogP contribution in [0.5, 0.6) is 0 Å². The zero-order valence-corrected chi connectivity index (χ0v) is 12.7. The summed E-state index contributed by atoms with van der Waals surface area (Å²) in [5, 5.41) is 5.82. The van der Waals surface area contributed by atoms with E-state index in [-0.39, 0.29) is 0 Å². The minimum absolute atomic E-state index is 0.633. The Kier molecular flexibility index (Phi) is 5.22. The third-order valence-electron chi connectivity index (χ3n) is 3.87. The first kappa shape index (κ1) is 14.0. The SMILES string of the molecule is CCC(C)NCC(C)N(Cc1cccs1)C1CC1. The monoisotopic (exact) mass is 266 g/mol. The van der Waals surface area contributed by atoms with Gasteiger partial charge in [0.15, 0.2) is 0 Å². The summed E-state index contributed by atoms with van der Waals surface area (Å²) in [5.41, 5.74) is 0. The first-order valence-corrected chi connectivity index (χ1v) is 8.10. The van der Waals surface area contributed by atoms with Gasteiger partial charge in [0.1, 0.15) is 0 Å². The Labute approximate surface area is 115 Å². The van der Waals surface area contributed by atoms with Crippen LogP contribution in [0.1, 0.15) is 44.9 Å². The van der Waals surface area contributed by atoms with E-state index < -0.39 is 0 Å². The fourth-order valence-electron chi connectivity index (χ4n) is 2.27. The molecule has 1 aromatic rings. The maximum atomic E-state index is 3.64. The molecule has 0 amide bonds. The number of hydrogen-bond donors (Lipinski definition) is 1. The van der Waals surface area contributed by atoms with Crippen molar-refractivity contribution >= 4 is 11.3 Å². The molecule has 0 radical (unpaired) electrons.